The number of aliphatic hydroxyl groups excluding tert-OH is 1. The van der Waals surface area contributed by atoms with Crippen molar-refractivity contribution in [1.82, 2.24) is 9.80 Å². The normalized spacial score (nSPS) is 38.4. The molecule has 2 amide bonds. The number of aliphatic hydroxyl groups is 1. The molecule has 1 N–H and O–H groups in total. The fourth-order valence-corrected chi connectivity index (χ4v) is 7.86. The van der Waals surface area contributed by atoms with Crippen LogP contribution < -0.4 is 0 Å². The Bertz CT molecular complexity index is 838. The molecule has 7 nitrogen and oxygen atoms in total. The Hall–Kier alpha value is -1.80. The minimum atomic E-state index is -0.881. The first-order chi connectivity index (χ1) is 14.7. The number of carbonyl (C=O) groups is 3. The summed E-state index contributed by atoms with van der Waals surface area (Å²) in [6, 6.07) is -1.27. The quantitative estimate of drug-likeness (QED) is 0.521. The second-order valence-electron chi connectivity index (χ2n) is 9.33. The SMILES string of the molecule is CC[C@@H](CO)N1C(=O)[C@@H]2[C@@H]3C(=O)OCCC=C[C@]3(C)S[C@@]23C=CCN(C(C)C)C(=O)C13. The maximum Gasteiger partial charge on any atom is 0.311 e. The molecule has 2 saturated heterocycles. The van der Waals surface area contributed by atoms with Gasteiger partial charge < -0.3 is 19.6 Å². The zero-order valence-corrected chi connectivity index (χ0v) is 19.4. The fourth-order valence-electron chi connectivity index (χ4n) is 5.72. The smallest absolute Gasteiger partial charge is 0.311 e. The van der Waals surface area contributed by atoms with Crippen molar-refractivity contribution < 1.29 is 24.2 Å². The highest BCUT2D eigenvalue weighted by molar-refractivity contribution is 8.02. The number of fused-ring (bicyclic) bond motifs is 2. The van der Waals surface area contributed by atoms with Gasteiger partial charge in [-0.05, 0) is 33.6 Å². The molecule has 0 aromatic heterocycles. The van der Waals surface area contributed by atoms with Crippen molar-refractivity contribution in [2.24, 2.45) is 11.8 Å². The van der Waals surface area contributed by atoms with Crippen LogP contribution in [-0.2, 0) is 19.1 Å². The molecule has 6 atom stereocenters. The Morgan fingerprint density at radius 2 is 1.94 bits per heavy atom. The Morgan fingerprint density at radius 1 is 1.19 bits per heavy atom. The van der Waals surface area contributed by atoms with Crippen LogP contribution in [0.4, 0.5) is 0 Å². The highest BCUT2D eigenvalue weighted by atomic mass is 32.2. The summed E-state index contributed by atoms with van der Waals surface area (Å²) in [6.07, 6.45) is 9.15. The number of esters is 1. The lowest BCUT2D eigenvalue weighted by molar-refractivity contribution is -0.154. The van der Waals surface area contributed by atoms with Crippen molar-refractivity contribution in [1.29, 1.82) is 0 Å². The van der Waals surface area contributed by atoms with Crippen LogP contribution >= 0.6 is 11.8 Å². The van der Waals surface area contributed by atoms with E-state index in [1.165, 1.54) is 11.8 Å². The van der Waals surface area contributed by atoms with E-state index in [0.29, 0.717) is 19.4 Å². The van der Waals surface area contributed by atoms with E-state index in [2.05, 4.69) is 0 Å². The molecule has 4 aliphatic heterocycles. The van der Waals surface area contributed by atoms with E-state index in [-0.39, 0.29) is 37.0 Å². The lowest BCUT2D eigenvalue weighted by Crippen LogP contribution is -2.57. The van der Waals surface area contributed by atoms with Gasteiger partial charge >= 0.3 is 5.97 Å². The van der Waals surface area contributed by atoms with Gasteiger partial charge in [0.2, 0.25) is 11.8 Å². The molecule has 4 rings (SSSR count). The third-order valence-corrected chi connectivity index (χ3v) is 8.98. The Balaban J connectivity index is 1.92. The van der Waals surface area contributed by atoms with Gasteiger partial charge in [0, 0.05) is 17.3 Å². The molecule has 0 aromatic rings. The summed E-state index contributed by atoms with van der Waals surface area (Å²) in [7, 11) is 0. The first-order valence-electron chi connectivity index (χ1n) is 11.2. The number of nitrogens with zero attached hydrogens (tertiary/aromatic N) is 2. The van der Waals surface area contributed by atoms with Gasteiger partial charge in [0.05, 0.1) is 35.8 Å². The predicted octanol–water partition coefficient (Wildman–Crippen LogP) is 1.75. The Kier molecular flexibility index (Phi) is 5.75. The summed E-state index contributed by atoms with van der Waals surface area (Å²) >= 11 is 1.54. The molecule has 4 heterocycles. The average molecular weight is 449 g/mol. The number of ether oxygens (including phenoxy) is 1. The van der Waals surface area contributed by atoms with Crippen LogP contribution in [-0.4, -0.2) is 80.1 Å². The number of amides is 2. The van der Waals surface area contributed by atoms with Crippen LogP contribution in [0.1, 0.15) is 40.5 Å². The van der Waals surface area contributed by atoms with E-state index in [9.17, 15) is 19.5 Å². The maximum absolute atomic E-state index is 13.9. The van der Waals surface area contributed by atoms with Gasteiger partial charge in [0.1, 0.15) is 6.04 Å². The topological polar surface area (TPSA) is 87.2 Å². The van der Waals surface area contributed by atoms with Gasteiger partial charge in [-0.25, -0.2) is 0 Å². The van der Waals surface area contributed by atoms with E-state index in [4.69, 9.17) is 4.74 Å². The lowest BCUT2D eigenvalue weighted by Gasteiger charge is -2.40. The second-order valence-corrected chi connectivity index (χ2v) is 11.1. The van der Waals surface area contributed by atoms with Crippen molar-refractivity contribution in [3.05, 3.63) is 24.3 Å². The lowest BCUT2D eigenvalue weighted by atomic mass is 9.74. The summed E-state index contributed by atoms with van der Waals surface area (Å²) in [6.45, 7) is 8.32. The minimum absolute atomic E-state index is 0.0296. The first-order valence-corrected chi connectivity index (χ1v) is 12.0. The summed E-state index contributed by atoms with van der Waals surface area (Å²) < 4.78 is 3.98. The molecule has 8 heteroatoms. The number of hydrogen-bond donors (Lipinski definition) is 1. The van der Waals surface area contributed by atoms with Crippen molar-refractivity contribution >= 4 is 29.5 Å². The van der Waals surface area contributed by atoms with Crippen LogP contribution in [0.2, 0.25) is 0 Å². The summed E-state index contributed by atoms with van der Waals surface area (Å²) in [4.78, 5) is 44.4. The van der Waals surface area contributed by atoms with Crippen molar-refractivity contribution in [3.63, 3.8) is 0 Å². The molecular formula is C23H32N2O5S. The Labute approximate surface area is 187 Å². The van der Waals surface area contributed by atoms with Gasteiger partial charge in [-0.3, -0.25) is 14.4 Å². The molecular weight excluding hydrogens is 416 g/mol. The summed E-state index contributed by atoms with van der Waals surface area (Å²) in [5, 5.41) is 10.1. The van der Waals surface area contributed by atoms with Gasteiger partial charge in [-0.15, -0.1) is 11.8 Å². The standard InChI is InChI=1S/C23H32N2O5S/c1-5-15(13-26)25-18-20(28)24(14(2)3)11-8-10-23(18)16(19(25)27)17-21(29)30-12-7-6-9-22(17,4)31-23/h6,8-10,14-18,26H,5,7,11-13H2,1-4H3/t15-,16-,17+,18?,22-,23-/m0/s1. The van der Waals surface area contributed by atoms with E-state index >= 15 is 0 Å². The summed E-state index contributed by atoms with van der Waals surface area (Å²) in [5.41, 5.74) is 0. The molecule has 170 valence electrons. The van der Waals surface area contributed by atoms with E-state index in [1.54, 1.807) is 9.80 Å². The molecule has 4 aliphatic rings. The molecule has 0 radical (unpaired) electrons. The minimum Gasteiger partial charge on any atom is -0.465 e. The fraction of sp³-hybridized carbons (Fsp3) is 0.696. The largest absolute Gasteiger partial charge is 0.465 e. The monoisotopic (exact) mass is 448 g/mol. The molecule has 31 heavy (non-hydrogen) atoms. The number of hydrogen-bond acceptors (Lipinski definition) is 6. The Morgan fingerprint density at radius 3 is 2.58 bits per heavy atom. The van der Waals surface area contributed by atoms with Crippen LogP contribution in [0.3, 0.4) is 0 Å². The molecule has 0 aliphatic carbocycles. The van der Waals surface area contributed by atoms with Crippen LogP contribution in [0.5, 0.6) is 0 Å². The van der Waals surface area contributed by atoms with E-state index in [1.807, 2.05) is 52.0 Å². The number of rotatable bonds is 4. The van der Waals surface area contributed by atoms with Crippen LogP contribution in [0.25, 0.3) is 0 Å². The molecule has 1 unspecified atom stereocenters. The van der Waals surface area contributed by atoms with E-state index in [0.717, 1.165) is 0 Å². The number of thioether (sulfide) groups is 1. The number of likely N-dealkylation sites (tertiary alicyclic amines) is 1. The molecule has 0 saturated carbocycles. The van der Waals surface area contributed by atoms with Gasteiger partial charge in [0.25, 0.3) is 0 Å². The molecule has 1 spiro atoms. The summed E-state index contributed by atoms with van der Waals surface area (Å²) in [5.74, 6) is -2.13. The van der Waals surface area contributed by atoms with Crippen molar-refractivity contribution in [2.45, 2.75) is 68.2 Å². The molecule has 0 bridgehead atoms. The van der Waals surface area contributed by atoms with Gasteiger partial charge in [-0.2, -0.15) is 0 Å². The molecule has 0 aromatic carbocycles. The zero-order valence-electron chi connectivity index (χ0n) is 18.6. The predicted molar refractivity (Wildman–Crippen MR) is 118 cm³/mol. The molecule has 2 fully saturated rings. The maximum atomic E-state index is 13.9. The highest BCUT2D eigenvalue weighted by Crippen LogP contribution is 2.65. The number of cyclic esters (lactones) is 1. The first kappa shape index (κ1) is 22.4. The van der Waals surface area contributed by atoms with Gasteiger partial charge in [-0.1, -0.05) is 31.2 Å². The second kappa shape index (κ2) is 7.96. The van der Waals surface area contributed by atoms with E-state index < -0.39 is 33.4 Å². The third kappa shape index (κ3) is 3.17. The van der Waals surface area contributed by atoms with Gasteiger partial charge in [0.15, 0.2) is 0 Å². The zero-order chi connectivity index (χ0) is 22.6. The van der Waals surface area contributed by atoms with Crippen LogP contribution in [0.15, 0.2) is 24.3 Å². The highest BCUT2D eigenvalue weighted by Gasteiger charge is 2.74. The van der Waals surface area contributed by atoms with Crippen LogP contribution in [0, 0.1) is 11.8 Å². The number of carbonyl (C=O) groups excluding carboxylic acids is 3. The third-order valence-electron chi connectivity index (χ3n) is 7.19. The average Bonchev–Trinajstić information content (AvgIpc) is 3.03. The van der Waals surface area contributed by atoms with Crippen molar-refractivity contribution in [2.75, 3.05) is 19.8 Å². The van der Waals surface area contributed by atoms with Crippen molar-refractivity contribution in [3.8, 4) is 0 Å².